The van der Waals surface area contributed by atoms with Gasteiger partial charge in [-0.15, -0.1) is 0 Å². The molecule has 1 rings (SSSR count). The smallest absolute Gasteiger partial charge is 0.311 e. The Kier molecular flexibility index (Phi) is 5.52. The van der Waals surface area contributed by atoms with Crippen molar-refractivity contribution in [3.8, 4) is 0 Å². The van der Waals surface area contributed by atoms with E-state index < -0.39 is 24.0 Å². The highest BCUT2D eigenvalue weighted by atomic mass is 16.5. The third-order valence-electron chi connectivity index (χ3n) is 3.16. The zero-order valence-electron chi connectivity index (χ0n) is 10.7. The second-order valence-electron chi connectivity index (χ2n) is 4.39. The summed E-state index contributed by atoms with van der Waals surface area (Å²) < 4.78 is 9.98. The van der Waals surface area contributed by atoms with Crippen molar-refractivity contribution in [2.45, 2.75) is 18.5 Å². The number of likely N-dealkylation sites (N-methyl/N-ethyl adjacent to an activating group) is 1. The molecule has 18 heavy (non-hydrogen) atoms. The van der Waals surface area contributed by atoms with Gasteiger partial charge in [-0.3, -0.25) is 9.59 Å². The Labute approximate surface area is 106 Å². The van der Waals surface area contributed by atoms with E-state index in [1.807, 2.05) is 0 Å². The molecule has 3 atom stereocenters. The summed E-state index contributed by atoms with van der Waals surface area (Å²) in [5.74, 6) is -1.93. The highest BCUT2D eigenvalue weighted by Gasteiger charge is 2.39. The van der Waals surface area contributed by atoms with E-state index in [0.29, 0.717) is 13.0 Å². The van der Waals surface area contributed by atoms with E-state index in [1.165, 1.54) is 12.0 Å². The van der Waals surface area contributed by atoms with E-state index >= 15 is 0 Å². The molecule has 3 unspecified atom stereocenters. The van der Waals surface area contributed by atoms with Crippen molar-refractivity contribution < 1.29 is 24.2 Å². The highest BCUT2D eigenvalue weighted by Crippen LogP contribution is 2.19. The van der Waals surface area contributed by atoms with Crippen LogP contribution in [0.1, 0.15) is 6.42 Å². The monoisotopic (exact) mass is 260 g/mol. The van der Waals surface area contributed by atoms with Gasteiger partial charge in [-0.2, -0.15) is 0 Å². The third-order valence-corrected chi connectivity index (χ3v) is 3.16. The average Bonchev–Trinajstić information content (AvgIpc) is 2.83. The summed E-state index contributed by atoms with van der Waals surface area (Å²) in [6, 6.07) is -1.13. The van der Waals surface area contributed by atoms with Gasteiger partial charge in [0.1, 0.15) is 5.92 Å². The van der Waals surface area contributed by atoms with Crippen LogP contribution in [0.15, 0.2) is 0 Å². The second kappa shape index (κ2) is 6.67. The first-order chi connectivity index (χ1) is 8.49. The quantitative estimate of drug-likeness (QED) is 0.629. The molecule has 104 valence electrons. The van der Waals surface area contributed by atoms with Gasteiger partial charge < -0.3 is 25.2 Å². The van der Waals surface area contributed by atoms with Crippen LogP contribution in [0.4, 0.5) is 0 Å². The van der Waals surface area contributed by atoms with E-state index in [1.54, 1.807) is 7.05 Å². The van der Waals surface area contributed by atoms with E-state index in [4.69, 9.17) is 20.3 Å². The van der Waals surface area contributed by atoms with Crippen LogP contribution in [-0.2, 0) is 19.1 Å². The van der Waals surface area contributed by atoms with E-state index in [2.05, 4.69) is 0 Å². The first kappa shape index (κ1) is 14.9. The Morgan fingerprint density at radius 2 is 2.22 bits per heavy atom. The van der Waals surface area contributed by atoms with Gasteiger partial charge in [-0.25, -0.2) is 0 Å². The van der Waals surface area contributed by atoms with Crippen LogP contribution in [-0.4, -0.2) is 67.9 Å². The number of carboxylic acid groups (broad SMARTS) is 1. The number of nitrogens with zero attached hydrogens (tertiary/aromatic N) is 1. The number of amides is 1. The lowest BCUT2D eigenvalue weighted by atomic mass is 10.0. The summed E-state index contributed by atoms with van der Waals surface area (Å²) in [4.78, 5) is 24.4. The molecule has 7 nitrogen and oxygen atoms in total. The fourth-order valence-electron chi connectivity index (χ4n) is 1.95. The Balaban J connectivity index is 2.59. The first-order valence-electron chi connectivity index (χ1n) is 5.80. The molecule has 0 aliphatic carbocycles. The standard InChI is InChI=1S/C11H20N2O5/c1-13(10(14)8(12)3-4-17-2)9-6-18-5-7(9)11(15)16/h7-9H,3-6,12H2,1-2H3,(H,15,16). The molecule has 0 saturated carbocycles. The molecule has 7 heteroatoms. The number of methoxy groups -OCH3 is 1. The van der Waals surface area contributed by atoms with Gasteiger partial charge >= 0.3 is 5.97 Å². The fraction of sp³-hybridized carbons (Fsp3) is 0.818. The van der Waals surface area contributed by atoms with Gasteiger partial charge in [0.25, 0.3) is 0 Å². The summed E-state index contributed by atoms with van der Waals surface area (Å²) in [6.07, 6.45) is 0.408. The first-order valence-corrected chi connectivity index (χ1v) is 5.80. The zero-order valence-corrected chi connectivity index (χ0v) is 10.7. The minimum atomic E-state index is -0.956. The Morgan fingerprint density at radius 1 is 1.56 bits per heavy atom. The van der Waals surface area contributed by atoms with Crippen LogP contribution in [0.25, 0.3) is 0 Å². The number of ether oxygens (including phenoxy) is 2. The van der Waals surface area contributed by atoms with Crippen molar-refractivity contribution in [1.82, 2.24) is 4.90 Å². The highest BCUT2D eigenvalue weighted by molar-refractivity contribution is 5.82. The summed E-state index contributed by atoms with van der Waals surface area (Å²) in [5, 5.41) is 9.03. The molecule has 1 amide bonds. The number of carbonyl (C=O) groups excluding carboxylic acids is 1. The Hall–Kier alpha value is -1.18. The number of nitrogens with two attached hydrogens (primary N) is 1. The summed E-state index contributed by atoms with van der Waals surface area (Å²) in [5.41, 5.74) is 5.73. The van der Waals surface area contributed by atoms with Crippen LogP contribution < -0.4 is 5.73 Å². The lowest BCUT2D eigenvalue weighted by Gasteiger charge is -2.28. The molecule has 0 radical (unpaired) electrons. The maximum Gasteiger partial charge on any atom is 0.311 e. The zero-order chi connectivity index (χ0) is 13.7. The van der Waals surface area contributed by atoms with Gasteiger partial charge in [0, 0.05) is 20.8 Å². The van der Waals surface area contributed by atoms with Crippen LogP contribution in [0.2, 0.25) is 0 Å². The SMILES string of the molecule is COCCC(N)C(=O)N(C)C1COCC1C(=O)O. The maximum atomic E-state index is 12.0. The summed E-state index contributed by atoms with van der Waals surface area (Å²) in [7, 11) is 3.09. The molecule has 0 bridgehead atoms. The molecule has 0 aromatic heterocycles. The predicted molar refractivity (Wildman–Crippen MR) is 63.0 cm³/mol. The summed E-state index contributed by atoms with van der Waals surface area (Å²) >= 11 is 0. The molecule has 1 saturated heterocycles. The lowest BCUT2D eigenvalue weighted by Crippen LogP contribution is -2.50. The number of hydrogen-bond acceptors (Lipinski definition) is 5. The van der Waals surface area contributed by atoms with E-state index in [-0.39, 0.29) is 19.1 Å². The molecule has 0 spiro atoms. The second-order valence-corrected chi connectivity index (χ2v) is 4.39. The molecular weight excluding hydrogens is 240 g/mol. The van der Waals surface area contributed by atoms with Gasteiger partial charge in [0.05, 0.1) is 25.3 Å². The molecule has 1 heterocycles. The molecule has 3 N–H and O–H groups in total. The van der Waals surface area contributed by atoms with Gasteiger partial charge in [-0.05, 0) is 6.42 Å². The topological polar surface area (TPSA) is 102 Å². The van der Waals surface area contributed by atoms with Crippen LogP contribution >= 0.6 is 0 Å². The van der Waals surface area contributed by atoms with Crippen molar-refractivity contribution in [3.05, 3.63) is 0 Å². The molecular formula is C11H20N2O5. The fourth-order valence-corrected chi connectivity index (χ4v) is 1.95. The molecule has 1 aliphatic heterocycles. The number of aliphatic carboxylic acids is 1. The van der Waals surface area contributed by atoms with Crippen molar-refractivity contribution >= 4 is 11.9 Å². The Morgan fingerprint density at radius 3 is 2.78 bits per heavy atom. The minimum absolute atomic E-state index is 0.130. The van der Waals surface area contributed by atoms with E-state index in [9.17, 15) is 9.59 Å². The number of hydrogen-bond donors (Lipinski definition) is 2. The minimum Gasteiger partial charge on any atom is -0.481 e. The predicted octanol–water partition coefficient (Wildman–Crippen LogP) is -1.09. The molecule has 0 aromatic rings. The van der Waals surface area contributed by atoms with E-state index in [0.717, 1.165) is 0 Å². The molecule has 0 aromatic carbocycles. The Bertz CT molecular complexity index is 310. The maximum absolute atomic E-state index is 12.0. The van der Waals surface area contributed by atoms with Gasteiger partial charge in [0.15, 0.2) is 0 Å². The number of carbonyl (C=O) groups is 2. The lowest BCUT2D eigenvalue weighted by molar-refractivity contribution is -0.144. The number of carboxylic acids is 1. The van der Waals surface area contributed by atoms with Crippen LogP contribution in [0, 0.1) is 5.92 Å². The van der Waals surface area contributed by atoms with Gasteiger partial charge in [0.2, 0.25) is 5.91 Å². The largest absolute Gasteiger partial charge is 0.481 e. The van der Waals surface area contributed by atoms with Crippen molar-refractivity contribution in [3.63, 3.8) is 0 Å². The van der Waals surface area contributed by atoms with Crippen molar-refractivity contribution in [1.29, 1.82) is 0 Å². The normalized spacial score (nSPS) is 24.8. The van der Waals surface area contributed by atoms with Crippen molar-refractivity contribution in [2.24, 2.45) is 11.7 Å². The third kappa shape index (κ3) is 3.41. The van der Waals surface area contributed by atoms with Crippen LogP contribution in [0.5, 0.6) is 0 Å². The molecule has 1 aliphatic rings. The van der Waals surface area contributed by atoms with Gasteiger partial charge in [-0.1, -0.05) is 0 Å². The number of rotatable bonds is 6. The van der Waals surface area contributed by atoms with Crippen LogP contribution in [0.3, 0.4) is 0 Å². The van der Waals surface area contributed by atoms with Crippen molar-refractivity contribution in [2.75, 3.05) is 34.0 Å². The summed E-state index contributed by atoms with van der Waals surface area (Å²) in [6.45, 7) is 0.755. The average molecular weight is 260 g/mol. The molecule has 1 fully saturated rings.